The van der Waals surface area contributed by atoms with Crippen LogP contribution in [0, 0.1) is 5.92 Å². The van der Waals surface area contributed by atoms with E-state index in [2.05, 4.69) is 0 Å². The van der Waals surface area contributed by atoms with Crippen LogP contribution in [0.2, 0.25) is 0 Å². The first-order valence-electron chi connectivity index (χ1n) is 6.37. The lowest BCUT2D eigenvalue weighted by Crippen LogP contribution is -2.50. The van der Waals surface area contributed by atoms with Crippen LogP contribution in [-0.4, -0.2) is 34.7 Å². The zero-order valence-corrected chi connectivity index (χ0v) is 11.4. The van der Waals surface area contributed by atoms with Gasteiger partial charge in [0, 0.05) is 0 Å². The van der Waals surface area contributed by atoms with Crippen LogP contribution in [0.1, 0.15) is 19.4 Å². The average molecular weight is 279 g/mol. The second-order valence-electron chi connectivity index (χ2n) is 5.06. The van der Waals surface area contributed by atoms with E-state index in [9.17, 15) is 9.59 Å². The van der Waals surface area contributed by atoms with E-state index in [1.54, 1.807) is 18.2 Å². The summed E-state index contributed by atoms with van der Waals surface area (Å²) >= 11 is 0. The number of benzene rings is 1. The van der Waals surface area contributed by atoms with Gasteiger partial charge >= 0.3 is 5.97 Å². The fraction of sp³-hybridized carbons (Fsp3) is 0.429. The Morgan fingerprint density at radius 1 is 1.45 bits per heavy atom. The van der Waals surface area contributed by atoms with E-state index in [4.69, 9.17) is 14.9 Å². The Labute approximate surface area is 116 Å². The summed E-state index contributed by atoms with van der Waals surface area (Å²) in [5.41, 5.74) is 0.986. The molecule has 1 aromatic rings. The third kappa shape index (κ3) is 2.60. The van der Waals surface area contributed by atoms with Crippen LogP contribution < -0.4 is 9.64 Å². The standard InChI is InChI=1S/C14H17NO5/c1-8(2)13-14(19)15(6-12(17)18)10-5-9(7-16)3-4-11(10)20-13/h3-5,8,13,16H,6-7H2,1-2H3,(H,17,18). The van der Waals surface area contributed by atoms with E-state index in [1.165, 1.54) is 4.90 Å². The summed E-state index contributed by atoms with van der Waals surface area (Å²) in [5.74, 6) is -1.07. The fourth-order valence-electron chi connectivity index (χ4n) is 2.15. The predicted octanol–water partition coefficient (Wildman–Crippen LogP) is 1.01. The lowest BCUT2D eigenvalue weighted by molar-refractivity contribution is -0.138. The van der Waals surface area contributed by atoms with Crippen molar-refractivity contribution in [3.05, 3.63) is 23.8 Å². The number of carboxylic acid groups (broad SMARTS) is 1. The zero-order chi connectivity index (χ0) is 14.9. The Morgan fingerprint density at radius 2 is 2.15 bits per heavy atom. The quantitative estimate of drug-likeness (QED) is 0.859. The monoisotopic (exact) mass is 279 g/mol. The first-order chi connectivity index (χ1) is 9.43. The summed E-state index contributed by atoms with van der Waals surface area (Å²) < 4.78 is 5.65. The van der Waals surface area contributed by atoms with Gasteiger partial charge in [-0.1, -0.05) is 19.9 Å². The lowest BCUT2D eigenvalue weighted by atomic mass is 10.0. The molecule has 0 aromatic heterocycles. The molecule has 1 heterocycles. The van der Waals surface area contributed by atoms with Crippen molar-refractivity contribution in [2.75, 3.05) is 11.4 Å². The molecule has 0 saturated carbocycles. The second-order valence-corrected chi connectivity index (χ2v) is 5.06. The Balaban J connectivity index is 2.47. The Bertz CT molecular complexity index is 540. The molecule has 0 saturated heterocycles. The molecule has 6 heteroatoms. The number of carbonyl (C=O) groups is 2. The Kier molecular flexibility index (Phi) is 3.94. The van der Waals surface area contributed by atoms with Crippen molar-refractivity contribution in [2.24, 2.45) is 5.92 Å². The highest BCUT2D eigenvalue weighted by molar-refractivity contribution is 6.03. The number of anilines is 1. The molecule has 6 nitrogen and oxygen atoms in total. The van der Waals surface area contributed by atoms with Crippen LogP contribution in [0.4, 0.5) is 5.69 Å². The highest BCUT2D eigenvalue weighted by Gasteiger charge is 2.37. The van der Waals surface area contributed by atoms with Gasteiger partial charge in [0.2, 0.25) is 0 Å². The van der Waals surface area contributed by atoms with Crippen molar-refractivity contribution in [1.29, 1.82) is 0 Å². The minimum Gasteiger partial charge on any atom is -0.480 e. The second kappa shape index (κ2) is 5.50. The van der Waals surface area contributed by atoms with Gasteiger partial charge in [-0.3, -0.25) is 14.5 Å². The number of aliphatic hydroxyl groups excluding tert-OH is 1. The van der Waals surface area contributed by atoms with Crippen molar-refractivity contribution >= 4 is 17.6 Å². The normalized spacial score (nSPS) is 17.9. The lowest BCUT2D eigenvalue weighted by Gasteiger charge is -2.35. The van der Waals surface area contributed by atoms with E-state index in [0.29, 0.717) is 17.0 Å². The summed E-state index contributed by atoms with van der Waals surface area (Å²) in [7, 11) is 0. The van der Waals surface area contributed by atoms with Crippen molar-refractivity contribution in [3.8, 4) is 5.75 Å². The number of hydrogen-bond acceptors (Lipinski definition) is 4. The first-order valence-corrected chi connectivity index (χ1v) is 6.37. The van der Waals surface area contributed by atoms with Gasteiger partial charge in [-0.05, 0) is 23.6 Å². The number of ether oxygens (including phenoxy) is 1. The number of carbonyl (C=O) groups excluding carboxylic acids is 1. The molecular weight excluding hydrogens is 262 g/mol. The summed E-state index contributed by atoms with van der Waals surface area (Å²) in [4.78, 5) is 24.5. The Hall–Kier alpha value is -2.08. The molecule has 0 radical (unpaired) electrons. The molecule has 20 heavy (non-hydrogen) atoms. The van der Waals surface area contributed by atoms with Crippen LogP contribution in [0.3, 0.4) is 0 Å². The van der Waals surface area contributed by atoms with Gasteiger partial charge in [0.15, 0.2) is 6.10 Å². The number of fused-ring (bicyclic) bond motifs is 1. The number of aliphatic carboxylic acids is 1. The summed E-state index contributed by atoms with van der Waals surface area (Å²) in [6, 6.07) is 4.91. The molecule has 0 spiro atoms. The minimum atomic E-state index is -1.09. The highest BCUT2D eigenvalue weighted by Crippen LogP contribution is 2.36. The SMILES string of the molecule is CC(C)C1Oc2ccc(CO)cc2N(CC(=O)O)C1=O. The van der Waals surface area contributed by atoms with Crippen LogP contribution in [0.25, 0.3) is 0 Å². The van der Waals surface area contributed by atoms with Gasteiger partial charge in [-0.2, -0.15) is 0 Å². The van der Waals surface area contributed by atoms with E-state index < -0.39 is 18.6 Å². The van der Waals surface area contributed by atoms with E-state index >= 15 is 0 Å². The highest BCUT2D eigenvalue weighted by atomic mass is 16.5. The van der Waals surface area contributed by atoms with Crippen LogP contribution >= 0.6 is 0 Å². The molecule has 0 aliphatic carbocycles. The number of amides is 1. The van der Waals surface area contributed by atoms with Gasteiger partial charge in [0.05, 0.1) is 12.3 Å². The number of hydrogen-bond donors (Lipinski definition) is 2. The molecule has 1 aliphatic heterocycles. The summed E-state index contributed by atoms with van der Waals surface area (Å²) in [6.45, 7) is 3.08. The number of aliphatic hydroxyl groups is 1. The van der Waals surface area contributed by atoms with Crippen molar-refractivity contribution in [1.82, 2.24) is 0 Å². The molecular formula is C14H17NO5. The van der Waals surface area contributed by atoms with E-state index in [0.717, 1.165) is 0 Å². The maximum absolute atomic E-state index is 12.3. The van der Waals surface area contributed by atoms with E-state index in [-0.39, 0.29) is 18.4 Å². The molecule has 1 aliphatic rings. The predicted molar refractivity (Wildman–Crippen MR) is 71.6 cm³/mol. The molecule has 2 N–H and O–H groups in total. The van der Waals surface area contributed by atoms with Crippen LogP contribution in [0.5, 0.6) is 5.75 Å². The number of rotatable bonds is 4. The summed E-state index contributed by atoms with van der Waals surface area (Å²) in [6.07, 6.45) is -0.693. The fourth-order valence-corrected chi connectivity index (χ4v) is 2.15. The topological polar surface area (TPSA) is 87.1 Å². The molecule has 108 valence electrons. The van der Waals surface area contributed by atoms with Gasteiger partial charge in [0.25, 0.3) is 5.91 Å². The van der Waals surface area contributed by atoms with E-state index in [1.807, 2.05) is 13.8 Å². The van der Waals surface area contributed by atoms with Crippen molar-refractivity contribution < 1.29 is 24.5 Å². The largest absolute Gasteiger partial charge is 0.480 e. The van der Waals surface area contributed by atoms with Gasteiger partial charge in [-0.25, -0.2) is 0 Å². The third-order valence-electron chi connectivity index (χ3n) is 3.16. The summed E-state index contributed by atoms with van der Waals surface area (Å²) in [5, 5.41) is 18.1. The van der Waals surface area contributed by atoms with Crippen LogP contribution in [0.15, 0.2) is 18.2 Å². The minimum absolute atomic E-state index is 0.0653. The van der Waals surface area contributed by atoms with Crippen LogP contribution in [-0.2, 0) is 16.2 Å². The Morgan fingerprint density at radius 3 is 2.70 bits per heavy atom. The van der Waals surface area contributed by atoms with Gasteiger partial charge in [-0.15, -0.1) is 0 Å². The molecule has 1 amide bonds. The molecule has 0 fully saturated rings. The zero-order valence-electron chi connectivity index (χ0n) is 11.4. The maximum atomic E-state index is 12.3. The van der Waals surface area contributed by atoms with Gasteiger partial charge in [0.1, 0.15) is 12.3 Å². The molecule has 1 unspecified atom stereocenters. The molecule has 0 bridgehead atoms. The molecule has 1 aromatic carbocycles. The van der Waals surface area contributed by atoms with Crippen molar-refractivity contribution in [3.63, 3.8) is 0 Å². The van der Waals surface area contributed by atoms with Crippen molar-refractivity contribution in [2.45, 2.75) is 26.6 Å². The first kappa shape index (κ1) is 14.3. The third-order valence-corrected chi connectivity index (χ3v) is 3.16. The molecule has 1 atom stereocenters. The number of nitrogens with zero attached hydrogens (tertiary/aromatic N) is 1. The van der Waals surface area contributed by atoms with Gasteiger partial charge < -0.3 is 14.9 Å². The maximum Gasteiger partial charge on any atom is 0.323 e. The smallest absolute Gasteiger partial charge is 0.323 e. The number of carboxylic acids is 1. The molecule has 2 rings (SSSR count). The average Bonchev–Trinajstić information content (AvgIpc) is 2.40.